The number of halogens is 1. The average molecular weight is 310 g/mol. The Hall–Kier alpha value is -1.43. The van der Waals surface area contributed by atoms with Gasteiger partial charge in [0, 0.05) is 12.4 Å². The number of hydrogen-bond donors (Lipinski definition) is 1. The van der Waals surface area contributed by atoms with E-state index in [1.807, 2.05) is 0 Å². The van der Waals surface area contributed by atoms with Crippen LogP contribution < -0.4 is 5.73 Å². The van der Waals surface area contributed by atoms with Crippen LogP contribution >= 0.6 is 15.9 Å². The predicted molar refractivity (Wildman–Crippen MR) is 74.4 cm³/mol. The molecule has 2 heterocycles. The second-order valence-corrected chi connectivity index (χ2v) is 6.15. The summed E-state index contributed by atoms with van der Waals surface area (Å²) >= 11 is 3.49. The summed E-state index contributed by atoms with van der Waals surface area (Å²) in [6.45, 7) is 6.49. The van der Waals surface area contributed by atoms with Crippen molar-refractivity contribution in [3.05, 3.63) is 28.8 Å². The first-order valence-electron chi connectivity index (χ1n) is 5.68. The van der Waals surface area contributed by atoms with Crippen molar-refractivity contribution in [2.45, 2.75) is 27.2 Å². The van der Waals surface area contributed by atoms with Gasteiger partial charge in [0.1, 0.15) is 5.82 Å². The molecule has 0 bridgehead atoms. The van der Waals surface area contributed by atoms with Gasteiger partial charge in [-0.1, -0.05) is 20.8 Å². The molecule has 96 valence electrons. The maximum atomic E-state index is 6.04. The molecule has 0 unspecified atom stereocenters. The summed E-state index contributed by atoms with van der Waals surface area (Å²) < 4.78 is 2.45. The third kappa shape index (κ3) is 2.69. The highest BCUT2D eigenvalue weighted by Gasteiger charge is 2.20. The molecule has 0 saturated heterocycles. The van der Waals surface area contributed by atoms with Gasteiger partial charge in [0.15, 0.2) is 5.82 Å². The van der Waals surface area contributed by atoms with Crippen molar-refractivity contribution in [1.82, 2.24) is 19.7 Å². The zero-order valence-corrected chi connectivity index (χ0v) is 12.3. The molecule has 6 heteroatoms. The molecule has 2 N–H and O–H groups in total. The van der Waals surface area contributed by atoms with Gasteiger partial charge < -0.3 is 5.73 Å². The van der Waals surface area contributed by atoms with Gasteiger partial charge in [-0.25, -0.2) is 4.98 Å². The molecule has 2 aromatic heterocycles. The van der Waals surface area contributed by atoms with Gasteiger partial charge in [0.2, 0.25) is 0 Å². The van der Waals surface area contributed by atoms with E-state index in [0.717, 1.165) is 16.6 Å². The highest BCUT2D eigenvalue weighted by atomic mass is 79.9. The highest BCUT2D eigenvalue weighted by molar-refractivity contribution is 9.10. The zero-order chi connectivity index (χ0) is 13.3. The Kier molecular flexibility index (Phi) is 3.38. The molecule has 0 aromatic carbocycles. The van der Waals surface area contributed by atoms with Crippen molar-refractivity contribution < 1.29 is 0 Å². The summed E-state index contributed by atoms with van der Waals surface area (Å²) in [5.41, 5.74) is 7.13. The number of nitrogen functional groups attached to an aromatic ring is 1. The summed E-state index contributed by atoms with van der Waals surface area (Å²) in [4.78, 5) is 8.22. The molecule has 0 amide bonds. The summed E-state index contributed by atoms with van der Waals surface area (Å²) in [6, 6.07) is 0. The van der Waals surface area contributed by atoms with Crippen LogP contribution in [0, 0.1) is 5.41 Å². The fourth-order valence-electron chi connectivity index (χ4n) is 1.65. The largest absolute Gasteiger partial charge is 0.383 e. The monoisotopic (exact) mass is 309 g/mol. The predicted octanol–water partition coefficient (Wildman–Crippen LogP) is 2.60. The minimum Gasteiger partial charge on any atom is -0.383 e. The lowest BCUT2D eigenvalue weighted by molar-refractivity contribution is 0.404. The van der Waals surface area contributed by atoms with Crippen LogP contribution in [0.3, 0.4) is 0 Å². The molecule has 0 saturated carbocycles. The molecule has 0 aliphatic rings. The third-order valence-corrected chi connectivity index (χ3v) is 3.26. The van der Waals surface area contributed by atoms with Crippen LogP contribution in [0.2, 0.25) is 0 Å². The minimum absolute atomic E-state index is 0.149. The molecule has 2 rings (SSSR count). The van der Waals surface area contributed by atoms with Crippen molar-refractivity contribution in [1.29, 1.82) is 0 Å². The quantitative estimate of drug-likeness (QED) is 0.925. The van der Waals surface area contributed by atoms with Crippen LogP contribution in [0.1, 0.15) is 26.5 Å². The Morgan fingerprint density at radius 1 is 1.33 bits per heavy atom. The van der Waals surface area contributed by atoms with Crippen molar-refractivity contribution in [3.63, 3.8) is 0 Å². The van der Waals surface area contributed by atoms with E-state index < -0.39 is 0 Å². The number of nitrogens with two attached hydrogens (primary N) is 1. The molecule has 0 aliphatic heterocycles. The molecule has 0 aliphatic carbocycles. The lowest BCUT2D eigenvalue weighted by Crippen LogP contribution is -2.10. The van der Waals surface area contributed by atoms with Crippen LogP contribution in [0.15, 0.2) is 23.1 Å². The second kappa shape index (κ2) is 4.68. The topological polar surface area (TPSA) is 69.6 Å². The van der Waals surface area contributed by atoms with Crippen molar-refractivity contribution in [2.24, 2.45) is 5.41 Å². The Morgan fingerprint density at radius 2 is 2.06 bits per heavy atom. The molecule has 2 aromatic rings. The van der Waals surface area contributed by atoms with Crippen LogP contribution in [0.4, 0.5) is 5.82 Å². The first kappa shape index (κ1) is 13.0. The molecule has 0 radical (unpaired) electrons. The first-order valence-corrected chi connectivity index (χ1v) is 6.47. The fourth-order valence-corrected chi connectivity index (χ4v) is 2.04. The van der Waals surface area contributed by atoms with Gasteiger partial charge in [-0.3, -0.25) is 4.98 Å². The zero-order valence-electron chi connectivity index (χ0n) is 10.7. The summed E-state index contributed by atoms with van der Waals surface area (Å²) in [5.74, 6) is 1.17. The standard InChI is InChI=1S/C12H16BrN5/c1-12(2,3)6-8-10(13)11(14)18(17-8)9-7-15-4-5-16-9/h4-5,7H,6,14H2,1-3H3. The van der Waals surface area contributed by atoms with Gasteiger partial charge in [0.05, 0.1) is 16.4 Å². The maximum Gasteiger partial charge on any atom is 0.174 e. The van der Waals surface area contributed by atoms with Crippen LogP contribution in [-0.4, -0.2) is 19.7 Å². The summed E-state index contributed by atoms with van der Waals surface area (Å²) in [7, 11) is 0. The van der Waals surface area contributed by atoms with Crippen molar-refractivity contribution in [3.8, 4) is 5.82 Å². The van der Waals surface area contributed by atoms with Crippen molar-refractivity contribution in [2.75, 3.05) is 5.73 Å². The minimum atomic E-state index is 0.149. The van der Waals surface area contributed by atoms with E-state index in [4.69, 9.17) is 5.73 Å². The van der Waals surface area contributed by atoms with Crippen LogP contribution in [0.25, 0.3) is 5.82 Å². The van der Waals surface area contributed by atoms with Crippen molar-refractivity contribution >= 4 is 21.7 Å². The van der Waals surface area contributed by atoms with Gasteiger partial charge in [0.25, 0.3) is 0 Å². The van der Waals surface area contributed by atoms with E-state index >= 15 is 0 Å². The fraction of sp³-hybridized carbons (Fsp3) is 0.417. The molecule has 18 heavy (non-hydrogen) atoms. The Labute approximate surface area is 115 Å². The Balaban J connectivity index is 2.43. The smallest absolute Gasteiger partial charge is 0.174 e. The number of anilines is 1. The maximum absolute atomic E-state index is 6.04. The summed E-state index contributed by atoms with van der Waals surface area (Å²) in [6.07, 6.45) is 5.71. The second-order valence-electron chi connectivity index (χ2n) is 5.36. The molecule has 0 spiro atoms. The molecular formula is C12H16BrN5. The normalized spacial score (nSPS) is 11.8. The number of rotatable bonds is 2. The van der Waals surface area contributed by atoms with E-state index in [1.165, 1.54) is 0 Å². The van der Waals surface area contributed by atoms with E-state index in [2.05, 4.69) is 51.8 Å². The molecule has 0 fully saturated rings. The van der Waals surface area contributed by atoms with Crippen LogP contribution in [0.5, 0.6) is 0 Å². The van der Waals surface area contributed by atoms with Gasteiger partial charge in [-0.15, -0.1) is 0 Å². The highest BCUT2D eigenvalue weighted by Crippen LogP contribution is 2.30. The number of nitrogens with zero attached hydrogens (tertiary/aromatic N) is 4. The lowest BCUT2D eigenvalue weighted by Gasteiger charge is -2.16. The lowest BCUT2D eigenvalue weighted by atomic mass is 9.91. The van der Waals surface area contributed by atoms with Crippen LogP contribution in [-0.2, 0) is 6.42 Å². The Morgan fingerprint density at radius 3 is 2.61 bits per heavy atom. The average Bonchev–Trinajstić information content (AvgIpc) is 2.57. The molecular weight excluding hydrogens is 294 g/mol. The number of hydrogen-bond acceptors (Lipinski definition) is 4. The van der Waals surface area contributed by atoms with E-state index in [0.29, 0.717) is 11.6 Å². The summed E-state index contributed by atoms with van der Waals surface area (Å²) in [5, 5.41) is 4.51. The molecule has 5 nitrogen and oxygen atoms in total. The Bertz CT molecular complexity index is 542. The SMILES string of the molecule is CC(C)(C)Cc1nn(-c2cnccn2)c(N)c1Br. The van der Waals surface area contributed by atoms with E-state index in [1.54, 1.807) is 23.3 Å². The third-order valence-electron chi connectivity index (χ3n) is 2.39. The number of aromatic nitrogens is 4. The van der Waals surface area contributed by atoms with Gasteiger partial charge in [-0.05, 0) is 27.8 Å². The first-order chi connectivity index (χ1) is 8.38. The van der Waals surface area contributed by atoms with E-state index in [9.17, 15) is 0 Å². The van der Waals surface area contributed by atoms with E-state index in [-0.39, 0.29) is 5.41 Å². The van der Waals surface area contributed by atoms with Gasteiger partial charge >= 0.3 is 0 Å². The molecule has 0 atom stereocenters. The van der Waals surface area contributed by atoms with Gasteiger partial charge in [-0.2, -0.15) is 9.78 Å².